The van der Waals surface area contributed by atoms with Crippen LogP contribution < -0.4 is 4.74 Å². The highest BCUT2D eigenvalue weighted by Gasteiger charge is 2.05. The Hall–Kier alpha value is -2.47. The Morgan fingerprint density at radius 1 is 1.16 bits per heavy atom. The van der Waals surface area contributed by atoms with Crippen LogP contribution in [0.5, 0.6) is 5.75 Å². The zero-order valence-corrected chi connectivity index (χ0v) is 15.1. The highest BCUT2D eigenvalue weighted by Crippen LogP contribution is 2.16. The van der Waals surface area contributed by atoms with Crippen LogP contribution in [-0.4, -0.2) is 22.6 Å². The van der Waals surface area contributed by atoms with Crippen molar-refractivity contribution in [3.05, 3.63) is 75.8 Å². The van der Waals surface area contributed by atoms with E-state index in [1.165, 1.54) is 18.2 Å². The topological polar surface area (TPSA) is 69.4 Å². The lowest BCUT2D eigenvalue weighted by molar-refractivity contribution is -0.384. The van der Waals surface area contributed by atoms with Gasteiger partial charge in [-0.25, -0.2) is 0 Å². The normalized spacial score (nSPS) is 10.8. The summed E-state index contributed by atoms with van der Waals surface area (Å²) >= 11 is 3.37. The summed E-state index contributed by atoms with van der Waals surface area (Å²) in [6.07, 6.45) is 5.00. The largest absolute Gasteiger partial charge is 0.494 e. The van der Waals surface area contributed by atoms with E-state index in [0.29, 0.717) is 17.7 Å². The second-order valence-electron chi connectivity index (χ2n) is 5.32. The molecule has 0 bridgehead atoms. The number of benzene rings is 2. The molecule has 0 radical (unpaired) electrons. The van der Waals surface area contributed by atoms with E-state index >= 15 is 0 Å². The molecule has 0 fully saturated rings. The van der Waals surface area contributed by atoms with Gasteiger partial charge in [0.05, 0.1) is 11.5 Å². The molecule has 0 aliphatic carbocycles. The monoisotopic (exact) mass is 403 g/mol. The van der Waals surface area contributed by atoms with E-state index in [1.807, 2.05) is 0 Å². The van der Waals surface area contributed by atoms with Gasteiger partial charge in [0, 0.05) is 23.0 Å². The Labute approximate surface area is 154 Å². The number of ketones is 1. The van der Waals surface area contributed by atoms with Crippen LogP contribution in [-0.2, 0) is 0 Å². The Kier molecular flexibility index (Phi) is 7.35. The standard InChI is InChI=1S/C19H18BrNO4/c20-12-1-2-13-25-18-9-7-16(8-10-18)19(22)11-6-15-4-3-5-17(14-15)21(23)24/h3-11,14H,1-2,12-13H2. The molecule has 0 atom stereocenters. The summed E-state index contributed by atoms with van der Waals surface area (Å²) in [6.45, 7) is 0.644. The Balaban J connectivity index is 1.96. The molecule has 0 aromatic heterocycles. The maximum Gasteiger partial charge on any atom is 0.270 e. The van der Waals surface area contributed by atoms with Gasteiger partial charge in [0.15, 0.2) is 5.78 Å². The van der Waals surface area contributed by atoms with E-state index in [4.69, 9.17) is 4.74 Å². The summed E-state index contributed by atoms with van der Waals surface area (Å²) in [5, 5.41) is 11.7. The van der Waals surface area contributed by atoms with Crippen LogP contribution in [0.25, 0.3) is 6.08 Å². The number of ether oxygens (including phenoxy) is 1. The van der Waals surface area contributed by atoms with Gasteiger partial charge in [0.2, 0.25) is 0 Å². The first-order valence-corrected chi connectivity index (χ1v) is 8.98. The second-order valence-corrected chi connectivity index (χ2v) is 6.11. The highest BCUT2D eigenvalue weighted by molar-refractivity contribution is 9.09. The molecule has 0 saturated heterocycles. The molecule has 0 heterocycles. The van der Waals surface area contributed by atoms with Crippen LogP contribution in [0.4, 0.5) is 5.69 Å². The zero-order chi connectivity index (χ0) is 18.1. The van der Waals surface area contributed by atoms with Crippen LogP contribution in [0.2, 0.25) is 0 Å². The summed E-state index contributed by atoms with van der Waals surface area (Å²) in [4.78, 5) is 22.5. The molecule has 0 saturated carbocycles. The van der Waals surface area contributed by atoms with E-state index in [1.54, 1.807) is 42.5 Å². The van der Waals surface area contributed by atoms with E-state index in [2.05, 4.69) is 15.9 Å². The molecule has 0 aliphatic rings. The van der Waals surface area contributed by atoms with Gasteiger partial charge < -0.3 is 4.74 Å². The molecular weight excluding hydrogens is 386 g/mol. The average Bonchev–Trinajstić information content (AvgIpc) is 2.64. The smallest absolute Gasteiger partial charge is 0.270 e. The molecule has 2 aromatic rings. The fraction of sp³-hybridized carbons (Fsp3) is 0.211. The van der Waals surface area contributed by atoms with Gasteiger partial charge in [0.25, 0.3) is 5.69 Å². The van der Waals surface area contributed by atoms with E-state index in [9.17, 15) is 14.9 Å². The van der Waals surface area contributed by atoms with Crippen LogP contribution >= 0.6 is 15.9 Å². The third-order valence-electron chi connectivity index (χ3n) is 3.44. The number of hydrogen-bond acceptors (Lipinski definition) is 4. The molecule has 0 amide bonds. The predicted molar refractivity (Wildman–Crippen MR) is 101 cm³/mol. The maximum absolute atomic E-state index is 12.2. The number of nitro groups is 1. The maximum atomic E-state index is 12.2. The third-order valence-corrected chi connectivity index (χ3v) is 4.00. The average molecular weight is 404 g/mol. The number of allylic oxidation sites excluding steroid dienone is 1. The molecule has 6 heteroatoms. The summed E-state index contributed by atoms with van der Waals surface area (Å²) in [5.74, 6) is 0.561. The lowest BCUT2D eigenvalue weighted by atomic mass is 10.1. The van der Waals surface area contributed by atoms with Crippen molar-refractivity contribution >= 4 is 33.5 Å². The lowest BCUT2D eigenvalue weighted by Crippen LogP contribution is -1.99. The summed E-state index contributed by atoms with van der Waals surface area (Å²) in [5.41, 5.74) is 1.14. The number of nitrogens with zero attached hydrogens (tertiary/aromatic N) is 1. The summed E-state index contributed by atoms with van der Waals surface area (Å²) in [7, 11) is 0. The first-order valence-electron chi connectivity index (χ1n) is 7.86. The molecular formula is C19H18BrNO4. The number of unbranched alkanes of at least 4 members (excludes halogenated alkanes) is 1. The van der Waals surface area contributed by atoms with Crippen molar-refractivity contribution in [1.82, 2.24) is 0 Å². The van der Waals surface area contributed by atoms with Gasteiger partial charge in [0.1, 0.15) is 5.75 Å². The van der Waals surface area contributed by atoms with Crippen LogP contribution in [0, 0.1) is 10.1 Å². The van der Waals surface area contributed by atoms with Crippen molar-refractivity contribution < 1.29 is 14.5 Å². The van der Waals surface area contributed by atoms with Crippen molar-refractivity contribution in [3.63, 3.8) is 0 Å². The number of nitro benzene ring substituents is 1. The van der Waals surface area contributed by atoms with Crippen molar-refractivity contribution in [1.29, 1.82) is 0 Å². The first-order chi connectivity index (χ1) is 12.1. The molecule has 2 aromatic carbocycles. The number of halogens is 1. The number of alkyl halides is 1. The summed E-state index contributed by atoms with van der Waals surface area (Å²) in [6, 6.07) is 13.1. The van der Waals surface area contributed by atoms with Crippen molar-refractivity contribution in [2.24, 2.45) is 0 Å². The van der Waals surface area contributed by atoms with Gasteiger partial charge in [-0.1, -0.05) is 34.1 Å². The SMILES string of the molecule is O=C(C=Cc1cccc([N+](=O)[O-])c1)c1ccc(OCCCCBr)cc1. The van der Waals surface area contributed by atoms with Crippen LogP contribution in [0.3, 0.4) is 0 Å². The number of rotatable bonds is 9. The molecule has 130 valence electrons. The van der Waals surface area contributed by atoms with E-state index in [-0.39, 0.29) is 11.5 Å². The molecule has 0 N–H and O–H groups in total. The highest BCUT2D eigenvalue weighted by atomic mass is 79.9. The minimum absolute atomic E-state index is 0.00369. The minimum Gasteiger partial charge on any atom is -0.494 e. The zero-order valence-electron chi connectivity index (χ0n) is 13.6. The molecule has 2 rings (SSSR count). The van der Waals surface area contributed by atoms with Crippen LogP contribution in [0.1, 0.15) is 28.8 Å². The Morgan fingerprint density at radius 2 is 1.92 bits per heavy atom. The molecule has 25 heavy (non-hydrogen) atoms. The lowest BCUT2D eigenvalue weighted by Gasteiger charge is -2.05. The van der Waals surface area contributed by atoms with Crippen molar-refractivity contribution in [2.45, 2.75) is 12.8 Å². The van der Waals surface area contributed by atoms with Crippen molar-refractivity contribution in [3.8, 4) is 5.75 Å². The molecule has 0 unspecified atom stereocenters. The van der Waals surface area contributed by atoms with Crippen molar-refractivity contribution in [2.75, 3.05) is 11.9 Å². The second kappa shape index (κ2) is 9.74. The van der Waals surface area contributed by atoms with E-state index in [0.717, 1.165) is 23.9 Å². The number of non-ortho nitro benzene ring substituents is 1. The molecule has 0 spiro atoms. The molecule has 5 nitrogen and oxygen atoms in total. The third kappa shape index (κ3) is 6.15. The Morgan fingerprint density at radius 3 is 2.60 bits per heavy atom. The number of hydrogen-bond donors (Lipinski definition) is 0. The van der Waals surface area contributed by atoms with Crippen LogP contribution in [0.15, 0.2) is 54.6 Å². The van der Waals surface area contributed by atoms with Gasteiger partial charge >= 0.3 is 0 Å². The summed E-state index contributed by atoms with van der Waals surface area (Å²) < 4.78 is 5.59. The van der Waals surface area contributed by atoms with Gasteiger partial charge in [-0.15, -0.1) is 0 Å². The van der Waals surface area contributed by atoms with E-state index < -0.39 is 4.92 Å². The van der Waals surface area contributed by atoms with Gasteiger partial charge in [-0.2, -0.15) is 0 Å². The number of carbonyl (C=O) groups excluding carboxylic acids is 1. The van der Waals surface area contributed by atoms with Gasteiger partial charge in [-0.05, 0) is 48.7 Å². The fourth-order valence-electron chi connectivity index (χ4n) is 2.11. The quantitative estimate of drug-likeness (QED) is 0.147. The Bertz CT molecular complexity index is 756. The first kappa shape index (κ1) is 18.9. The number of carbonyl (C=O) groups is 1. The minimum atomic E-state index is -0.463. The predicted octanol–water partition coefficient (Wildman–Crippen LogP) is 5.04. The molecule has 0 aliphatic heterocycles. The van der Waals surface area contributed by atoms with Gasteiger partial charge in [-0.3, -0.25) is 14.9 Å². The fourth-order valence-corrected chi connectivity index (χ4v) is 2.51.